The van der Waals surface area contributed by atoms with Gasteiger partial charge in [0.15, 0.2) is 0 Å². The summed E-state index contributed by atoms with van der Waals surface area (Å²) in [6.45, 7) is 4.74. The van der Waals surface area contributed by atoms with Crippen LogP contribution in [-0.4, -0.2) is 9.67 Å². The molecule has 2 rings (SSSR count). The molecule has 1 N–H and O–H groups in total. The topological polar surface area (TPSA) is 25.2 Å². The van der Waals surface area contributed by atoms with Gasteiger partial charge in [-0.05, 0) is 31.5 Å². The van der Waals surface area contributed by atoms with E-state index in [9.17, 15) is 5.11 Å². The number of aliphatic hydroxyl groups excluding tert-OH is 1. The molecule has 0 spiro atoms. The fourth-order valence-corrected chi connectivity index (χ4v) is 1.94. The molecule has 1 aromatic heterocycles. The van der Waals surface area contributed by atoms with Crippen LogP contribution in [0, 0.1) is 13.8 Å². The van der Waals surface area contributed by atoms with Crippen LogP contribution < -0.4 is 0 Å². The number of rotatable bonds is 3. The molecule has 0 unspecified atom stereocenters. The van der Waals surface area contributed by atoms with E-state index >= 15 is 0 Å². The van der Waals surface area contributed by atoms with Crippen LogP contribution in [0.25, 0.3) is 0 Å². The summed E-state index contributed by atoms with van der Waals surface area (Å²) in [5.41, 5.74) is 3.34. The Morgan fingerprint density at radius 2 is 1.56 bits per heavy atom. The molecule has 0 aliphatic rings. The highest BCUT2D eigenvalue weighted by Crippen LogP contribution is 2.17. The number of hydrogen-bond acceptors (Lipinski definition) is 1. The first-order valence-corrected chi connectivity index (χ1v) is 5.54. The van der Waals surface area contributed by atoms with Gasteiger partial charge in [0.25, 0.3) is 0 Å². The standard InChI is InChI=1S/C14H17NO/c1-11-8-9-12(2)15(11)10-14(16)13-6-4-3-5-7-13/h3-9,14,16H,10H2,1-2H3/t14-/m0/s1. The summed E-state index contributed by atoms with van der Waals surface area (Å²) < 4.78 is 2.14. The summed E-state index contributed by atoms with van der Waals surface area (Å²) >= 11 is 0. The van der Waals surface area contributed by atoms with Crippen LogP contribution >= 0.6 is 0 Å². The molecule has 1 heterocycles. The van der Waals surface area contributed by atoms with Gasteiger partial charge in [0.2, 0.25) is 0 Å². The van der Waals surface area contributed by atoms with Crippen molar-refractivity contribution >= 4 is 0 Å². The minimum absolute atomic E-state index is 0.439. The van der Waals surface area contributed by atoms with E-state index in [-0.39, 0.29) is 0 Å². The van der Waals surface area contributed by atoms with Crippen LogP contribution in [0.15, 0.2) is 42.5 Å². The van der Waals surface area contributed by atoms with Gasteiger partial charge in [0, 0.05) is 11.4 Å². The highest BCUT2D eigenvalue weighted by atomic mass is 16.3. The lowest BCUT2D eigenvalue weighted by Gasteiger charge is -2.15. The van der Waals surface area contributed by atoms with Crippen molar-refractivity contribution in [2.24, 2.45) is 0 Å². The number of aryl methyl sites for hydroxylation is 2. The van der Waals surface area contributed by atoms with Crippen LogP contribution in [-0.2, 0) is 6.54 Å². The average Bonchev–Trinajstić information content (AvgIpc) is 2.62. The highest BCUT2D eigenvalue weighted by Gasteiger charge is 2.10. The lowest BCUT2D eigenvalue weighted by Crippen LogP contribution is -2.10. The zero-order valence-electron chi connectivity index (χ0n) is 9.72. The molecule has 84 valence electrons. The first kappa shape index (κ1) is 11.0. The van der Waals surface area contributed by atoms with Crippen molar-refractivity contribution in [3.63, 3.8) is 0 Å². The molecule has 0 fully saturated rings. The summed E-state index contributed by atoms with van der Waals surface area (Å²) in [4.78, 5) is 0. The molecule has 1 atom stereocenters. The molecule has 0 amide bonds. The van der Waals surface area contributed by atoms with E-state index in [2.05, 4.69) is 30.5 Å². The first-order chi connectivity index (χ1) is 7.68. The predicted octanol–water partition coefficient (Wildman–Crippen LogP) is 2.84. The number of hydrogen-bond donors (Lipinski definition) is 1. The van der Waals surface area contributed by atoms with E-state index in [4.69, 9.17) is 0 Å². The third kappa shape index (κ3) is 2.17. The van der Waals surface area contributed by atoms with Crippen molar-refractivity contribution in [3.05, 3.63) is 59.4 Å². The van der Waals surface area contributed by atoms with Gasteiger partial charge in [-0.2, -0.15) is 0 Å². The molecule has 2 heteroatoms. The monoisotopic (exact) mass is 215 g/mol. The van der Waals surface area contributed by atoms with E-state index in [0.29, 0.717) is 6.54 Å². The maximum atomic E-state index is 10.1. The molecule has 0 aliphatic heterocycles. The van der Waals surface area contributed by atoms with Crippen molar-refractivity contribution in [1.29, 1.82) is 0 Å². The van der Waals surface area contributed by atoms with Gasteiger partial charge in [-0.3, -0.25) is 0 Å². The third-order valence-electron chi connectivity index (χ3n) is 2.96. The molecule has 16 heavy (non-hydrogen) atoms. The van der Waals surface area contributed by atoms with Crippen molar-refractivity contribution in [1.82, 2.24) is 4.57 Å². The fourth-order valence-electron chi connectivity index (χ4n) is 1.94. The number of aliphatic hydroxyl groups is 1. The number of benzene rings is 1. The van der Waals surface area contributed by atoms with Gasteiger partial charge in [-0.25, -0.2) is 0 Å². The molecule has 0 bridgehead atoms. The predicted molar refractivity (Wildman–Crippen MR) is 65.3 cm³/mol. The summed E-state index contributed by atoms with van der Waals surface area (Å²) in [6.07, 6.45) is -0.439. The van der Waals surface area contributed by atoms with Gasteiger partial charge in [0.1, 0.15) is 0 Å². The Bertz CT molecular complexity index is 439. The zero-order chi connectivity index (χ0) is 11.5. The van der Waals surface area contributed by atoms with Crippen LogP contribution in [0.1, 0.15) is 23.1 Å². The van der Waals surface area contributed by atoms with Crippen molar-refractivity contribution < 1.29 is 5.11 Å². The quantitative estimate of drug-likeness (QED) is 0.836. The number of aromatic nitrogens is 1. The largest absolute Gasteiger partial charge is 0.387 e. The van der Waals surface area contributed by atoms with E-state index in [0.717, 1.165) is 5.56 Å². The van der Waals surface area contributed by atoms with Crippen LogP contribution in [0.4, 0.5) is 0 Å². The molecule has 2 aromatic rings. The molecule has 0 saturated carbocycles. The van der Waals surface area contributed by atoms with Crippen molar-refractivity contribution in [2.75, 3.05) is 0 Å². The second kappa shape index (κ2) is 4.54. The number of nitrogens with zero attached hydrogens (tertiary/aromatic N) is 1. The highest BCUT2D eigenvalue weighted by molar-refractivity contribution is 5.19. The van der Waals surface area contributed by atoms with Gasteiger partial charge in [0.05, 0.1) is 12.6 Å². The summed E-state index contributed by atoms with van der Waals surface area (Å²) in [5.74, 6) is 0. The Morgan fingerprint density at radius 1 is 1.00 bits per heavy atom. The maximum absolute atomic E-state index is 10.1. The SMILES string of the molecule is Cc1ccc(C)n1C[C@H](O)c1ccccc1. The summed E-state index contributed by atoms with van der Waals surface area (Å²) in [7, 11) is 0. The summed E-state index contributed by atoms with van der Waals surface area (Å²) in [6, 6.07) is 13.9. The molecule has 0 aliphatic carbocycles. The molecule has 1 aromatic carbocycles. The molecule has 0 saturated heterocycles. The Balaban J connectivity index is 2.17. The zero-order valence-corrected chi connectivity index (χ0v) is 9.72. The molecule has 0 radical (unpaired) electrons. The lowest BCUT2D eigenvalue weighted by atomic mass is 10.1. The Kier molecular flexibility index (Phi) is 3.11. The normalized spacial score (nSPS) is 12.7. The Hall–Kier alpha value is -1.54. The van der Waals surface area contributed by atoms with Gasteiger partial charge >= 0.3 is 0 Å². The summed E-state index contributed by atoms with van der Waals surface area (Å²) in [5, 5.41) is 10.1. The molecular formula is C14H17NO. The Morgan fingerprint density at radius 3 is 2.12 bits per heavy atom. The smallest absolute Gasteiger partial charge is 0.0968 e. The second-order valence-electron chi connectivity index (χ2n) is 4.15. The lowest BCUT2D eigenvalue weighted by molar-refractivity contribution is 0.155. The Labute approximate surface area is 96.2 Å². The van der Waals surface area contributed by atoms with Gasteiger partial charge in [-0.15, -0.1) is 0 Å². The van der Waals surface area contributed by atoms with E-state index in [1.807, 2.05) is 30.3 Å². The third-order valence-corrected chi connectivity index (χ3v) is 2.96. The van der Waals surface area contributed by atoms with E-state index < -0.39 is 6.10 Å². The van der Waals surface area contributed by atoms with Crippen LogP contribution in [0.5, 0.6) is 0 Å². The van der Waals surface area contributed by atoms with Crippen LogP contribution in [0.3, 0.4) is 0 Å². The molecule has 2 nitrogen and oxygen atoms in total. The first-order valence-electron chi connectivity index (χ1n) is 5.54. The van der Waals surface area contributed by atoms with E-state index in [1.165, 1.54) is 11.4 Å². The van der Waals surface area contributed by atoms with Crippen LogP contribution in [0.2, 0.25) is 0 Å². The maximum Gasteiger partial charge on any atom is 0.0968 e. The second-order valence-corrected chi connectivity index (χ2v) is 4.15. The average molecular weight is 215 g/mol. The molecular weight excluding hydrogens is 198 g/mol. The van der Waals surface area contributed by atoms with Gasteiger partial charge < -0.3 is 9.67 Å². The fraction of sp³-hybridized carbons (Fsp3) is 0.286. The van der Waals surface area contributed by atoms with Crippen molar-refractivity contribution in [3.8, 4) is 0 Å². The van der Waals surface area contributed by atoms with Gasteiger partial charge in [-0.1, -0.05) is 30.3 Å². The minimum atomic E-state index is -0.439. The van der Waals surface area contributed by atoms with E-state index in [1.54, 1.807) is 0 Å². The minimum Gasteiger partial charge on any atom is -0.387 e. The van der Waals surface area contributed by atoms with Crippen molar-refractivity contribution in [2.45, 2.75) is 26.5 Å².